The molecule has 0 aromatic carbocycles. The summed E-state index contributed by atoms with van der Waals surface area (Å²) in [6, 6.07) is 0. The number of unbranched alkanes of at least 4 members (excludes halogenated alkanes) is 18. The van der Waals surface area contributed by atoms with Crippen LogP contribution in [0.3, 0.4) is 0 Å². The minimum atomic E-state index is -2.86. The molecule has 0 unspecified atom stereocenters. The van der Waals surface area contributed by atoms with E-state index in [4.69, 9.17) is 9.47 Å². The van der Waals surface area contributed by atoms with E-state index in [0.29, 0.717) is 26.1 Å². The molecule has 0 fully saturated rings. The monoisotopic (exact) mass is 724 g/mol. The van der Waals surface area contributed by atoms with Crippen molar-refractivity contribution in [3.8, 4) is 0 Å². The molecule has 0 aliphatic rings. The number of hydrogen-bond acceptors (Lipinski definition) is 6. The van der Waals surface area contributed by atoms with E-state index in [1.54, 1.807) is 0 Å². The molecule has 0 aromatic heterocycles. The Morgan fingerprint density at radius 3 is 1.05 bits per heavy atom. The van der Waals surface area contributed by atoms with Crippen molar-refractivity contribution in [2.24, 2.45) is 0 Å². The molecule has 0 saturated carbocycles. The van der Waals surface area contributed by atoms with E-state index < -0.39 is 15.6 Å². The summed E-state index contributed by atoms with van der Waals surface area (Å²) >= 11 is -2.86. The topological polar surface area (TPSA) is 52.6 Å². The van der Waals surface area contributed by atoms with E-state index in [-0.39, 0.29) is 11.9 Å². The van der Waals surface area contributed by atoms with E-state index in [0.717, 1.165) is 8.87 Å². The summed E-state index contributed by atoms with van der Waals surface area (Å²) in [5, 5.41) is 0. The number of rotatable bonds is 32. The van der Waals surface area contributed by atoms with Crippen LogP contribution in [0.2, 0.25) is 8.87 Å². The first-order chi connectivity index (χ1) is 20.0. The van der Waals surface area contributed by atoms with E-state index in [9.17, 15) is 9.59 Å². The second kappa shape index (κ2) is 31.9. The third-order valence-electron chi connectivity index (χ3n) is 7.76. The Hall–Kier alpha value is 0.439. The third kappa shape index (κ3) is 27.7. The molecular weight excluding hydrogens is 655 g/mol. The zero-order valence-electron chi connectivity index (χ0n) is 27.7. The van der Waals surface area contributed by atoms with Crippen LogP contribution in [0.15, 0.2) is 0 Å². The maximum atomic E-state index is 12.4. The van der Waals surface area contributed by atoms with Gasteiger partial charge in [-0.25, -0.2) is 0 Å². The van der Waals surface area contributed by atoms with E-state index >= 15 is 0 Å². The fraction of sp³-hybridized carbons (Fsp3) is 0.941. The van der Waals surface area contributed by atoms with Crippen LogP contribution >= 0.6 is 17.9 Å². The van der Waals surface area contributed by atoms with Gasteiger partial charge in [-0.3, -0.25) is 0 Å². The minimum absolute atomic E-state index is 0.0659. The van der Waals surface area contributed by atoms with E-state index in [1.807, 2.05) is 13.8 Å². The summed E-state index contributed by atoms with van der Waals surface area (Å²) in [7, 11) is 4.41. The van der Waals surface area contributed by atoms with Crippen molar-refractivity contribution in [3.05, 3.63) is 0 Å². The van der Waals surface area contributed by atoms with Crippen molar-refractivity contribution in [3.63, 3.8) is 0 Å². The molecule has 0 amide bonds. The summed E-state index contributed by atoms with van der Waals surface area (Å²) in [5.41, 5.74) is 0. The number of carbonyl (C=O) groups excluding carboxylic acids is 2. The third-order valence-corrected chi connectivity index (χ3v) is 38.3. The predicted molar refractivity (Wildman–Crippen MR) is 186 cm³/mol. The van der Waals surface area contributed by atoms with Crippen LogP contribution in [-0.4, -0.2) is 52.3 Å². The predicted octanol–water partition coefficient (Wildman–Crippen LogP) is 11.6. The Morgan fingerprint density at radius 1 is 0.463 bits per heavy atom. The second-order valence-corrected chi connectivity index (χ2v) is 38.2. The summed E-state index contributed by atoms with van der Waals surface area (Å²) in [6.45, 7) is 9.22. The fourth-order valence-corrected chi connectivity index (χ4v) is 33.6. The Kier molecular flexibility index (Phi) is 32.2. The molecule has 4 nitrogen and oxygen atoms in total. The van der Waals surface area contributed by atoms with Crippen LogP contribution in [0, 0.1) is 0 Å². The van der Waals surface area contributed by atoms with Gasteiger partial charge in [-0.05, 0) is 0 Å². The van der Waals surface area contributed by atoms with Gasteiger partial charge in [0.05, 0.1) is 0 Å². The molecule has 0 aliphatic carbocycles. The summed E-state index contributed by atoms with van der Waals surface area (Å²) < 4.78 is 12.6. The first-order valence-electron chi connectivity index (χ1n) is 17.6. The summed E-state index contributed by atoms with van der Waals surface area (Å²) in [4.78, 5) is 24.7. The van der Waals surface area contributed by atoms with Crippen LogP contribution in [0.25, 0.3) is 0 Å². The first-order valence-corrected chi connectivity index (χ1v) is 30.6. The van der Waals surface area contributed by atoms with Crippen molar-refractivity contribution >= 4 is 45.4 Å². The SMILES string of the molecule is CCCCCCCCCCCC[S][Sn]([CH2]CC(=O)OCC)([CH2]CC(=O)OCC)[S]CCCCCCCCCCCC. The van der Waals surface area contributed by atoms with E-state index in [2.05, 4.69) is 31.7 Å². The van der Waals surface area contributed by atoms with Crippen LogP contribution < -0.4 is 0 Å². The molecule has 41 heavy (non-hydrogen) atoms. The molecule has 244 valence electrons. The second-order valence-electron chi connectivity index (χ2n) is 11.6. The number of carbonyl (C=O) groups is 2. The molecular formula is C34H68O4S2Sn. The van der Waals surface area contributed by atoms with Gasteiger partial charge in [-0.15, -0.1) is 0 Å². The Balaban J connectivity index is 4.74. The average Bonchev–Trinajstić information content (AvgIpc) is 2.96. The van der Waals surface area contributed by atoms with Gasteiger partial charge in [-0.2, -0.15) is 0 Å². The molecule has 0 spiro atoms. The van der Waals surface area contributed by atoms with Crippen molar-refractivity contribution in [1.29, 1.82) is 0 Å². The zero-order valence-corrected chi connectivity index (χ0v) is 32.2. The minimum Gasteiger partial charge on any atom is -0.0654 e. The molecule has 7 heteroatoms. The fourth-order valence-electron chi connectivity index (χ4n) is 5.20. The Labute approximate surface area is 265 Å². The van der Waals surface area contributed by atoms with Crippen LogP contribution in [0.1, 0.15) is 169 Å². The van der Waals surface area contributed by atoms with Gasteiger partial charge in [0.2, 0.25) is 0 Å². The first kappa shape index (κ1) is 41.4. The normalized spacial score (nSPS) is 11.6. The van der Waals surface area contributed by atoms with Crippen LogP contribution in [0.4, 0.5) is 0 Å². The number of hydrogen-bond donors (Lipinski definition) is 0. The number of ether oxygens (including phenoxy) is 2. The van der Waals surface area contributed by atoms with Gasteiger partial charge < -0.3 is 0 Å². The van der Waals surface area contributed by atoms with Gasteiger partial charge >= 0.3 is 253 Å². The van der Waals surface area contributed by atoms with Gasteiger partial charge in [0.25, 0.3) is 0 Å². The zero-order chi connectivity index (χ0) is 30.3. The molecule has 0 N–H and O–H groups in total. The molecule has 0 saturated heterocycles. The Bertz CT molecular complexity index is 541. The maximum absolute atomic E-state index is 12.4. The van der Waals surface area contributed by atoms with Gasteiger partial charge in [0.1, 0.15) is 0 Å². The smallest absolute Gasteiger partial charge is 0.0654 e. The van der Waals surface area contributed by atoms with Crippen LogP contribution in [0.5, 0.6) is 0 Å². The van der Waals surface area contributed by atoms with Gasteiger partial charge in [-0.1, -0.05) is 13.8 Å². The van der Waals surface area contributed by atoms with E-state index in [1.165, 1.54) is 140 Å². The van der Waals surface area contributed by atoms with Crippen LogP contribution in [-0.2, 0) is 19.1 Å². The average molecular weight is 724 g/mol. The van der Waals surface area contributed by atoms with Crippen molar-refractivity contribution in [2.45, 2.75) is 178 Å². The molecule has 0 aliphatic heterocycles. The standard InChI is InChI=1S/2C12H26S.2C5H9O2.Sn/c2*1-2-3-4-5-6-7-8-9-10-11-12-13;2*1-3-5(6)7-4-2;/h2*13H,2-12H2,1H3;2*1,3-4H2,2H3;/q;;;;+2/p-2. The van der Waals surface area contributed by atoms with Crippen molar-refractivity contribution in [1.82, 2.24) is 0 Å². The molecule has 0 heterocycles. The molecule has 0 radical (unpaired) electrons. The Morgan fingerprint density at radius 2 is 0.756 bits per heavy atom. The summed E-state index contributed by atoms with van der Waals surface area (Å²) in [6.07, 6.45) is 28.1. The van der Waals surface area contributed by atoms with Gasteiger partial charge in [0, 0.05) is 0 Å². The molecule has 0 aromatic rings. The molecule has 0 bridgehead atoms. The number of esters is 2. The van der Waals surface area contributed by atoms with Crippen molar-refractivity contribution < 1.29 is 19.1 Å². The van der Waals surface area contributed by atoms with Crippen molar-refractivity contribution in [2.75, 3.05) is 24.7 Å². The molecule has 0 rings (SSSR count). The quantitative estimate of drug-likeness (QED) is 0.0391. The summed E-state index contributed by atoms with van der Waals surface area (Å²) in [5.74, 6) is 2.24. The molecule has 0 atom stereocenters. The van der Waals surface area contributed by atoms with Gasteiger partial charge in [0.15, 0.2) is 0 Å².